The molecule has 0 amide bonds. The fourth-order valence-electron chi connectivity index (χ4n) is 1.77. The van der Waals surface area contributed by atoms with Gasteiger partial charge in [0, 0.05) is 23.1 Å². The second-order valence-corrected chi connectivity index (χ2v) is 5.91. The summed E-state index contributed by atoms with van der Waals surface area (Å²) in [7, 11) is -1.22. The standard InChI is InChI=1S/C14H20O4S/c1-4-5-6-18-11-7-10(2)14(12(15)8-11)13(16)9-19(3)17/h7-8,15H,4-6,9H2,1-3H3. The number of ether oxygens (including phenoxy) is 1. The first-order valence-corrected chi connectivity index (χ1v) is 7.98. The first-order valence-electron chi connectivity index (χ1n) is 6.25. The molecule has 0 bridgehead atoms. The van der Waals surface area contributed by atoms with Crippen LogP contribution in [0.1, 0.15) is 35.7 Å². The van der Waals surface area contributed by atoms with Gasteiger partial charge in [-0.05, 0) is 25.0 Å². The van der Waals surface area contributed by atoms with E-state index in [1.54, 1.807) is 13.0 Å². The monoisotopic (exact) mass is 284 g/mol. The number of aromatic hydroxyl groups is 1. The first-order chi connectivity index (χ1) is 8.95. The van der Waals surface area contributed by atoms with Gasteiger partial charge in [0.25, 0.3) is 0 Å². The molecule has 0 aromatic heterocycles. The molecular weight excluding hydrogens is 264 g/mol. The summed E-state index contributed by atoms with van der Waals surface area (Å²) < 4.78 is 16.6. The Hall–Kier alpha value is -1.36. The van der Waals surface area contributed by atoms with Crippen molar-refractivity contribution in [3.63, 3.8) is 0 Å². The van der Waals surface area contributed by atoms with Gasteiger partial charge in [-0.15, -0.1) is 0 Å². The molecule has 1 aromatic carbocycles. The number of benzene rings is 1. The first kappa shape index (κ1) is 15.7. The number of unbranched alkanes of at least 4 members (excludes halogenated alkanes) is 1. The molecule has 0 heterocycles. The SMILES string of the molecule is CCCCOc1cc(C)c(C(=O)CS(C)=O)c(O)c1. The largest absolute Gasteiger partial charge is 0.507 e. The predicted octanol–water partition coefficient (Wildman–Crippen LogP) is 2.44. The van der Waals surface area contributed by atoms with Crippen molar-refractivity contribution in [2.45, 2.75) is 26.7 Å². The second-order valence-electron chi connectivity index (χ2n) is 4.48. The number of Topliss-reactive ketones (excluding diaryl/α,β-unsaturated/α-hetero) is 1. The summed E-state index contributed by atoms with van der Waals surface area (Å²) in [4.78, 5) is 11.9. The number of hydrogen-bond donors (Lipinski definition) is 1. The van der Waals surface area contributed by atoms with Gasteiger partial charge in [0.1, 0.15) is 11.5 Å². The van der Waals surface area contributed by atoms with Gasteiger partial charge < -0.3 is 9.84 Å². The van der Waals surface area contributed by atoms with Gasteiger partial charge in [-0.1, -0.05) is 13.3 Å². The minimum absolute atomic E-state index is 0.0789. The van der Waals surface area contributed by atoms with Crippen LogP contribution in [0.15, 0.2) is 12.1 Å². The Balaban J connectivity index is 2.91. The normalized spacial score (nSPS) is 12.2. The minimum atomic E-state index is -1.22. The molecule has 5 heteroatoms. The van der Waals surface area contributed by atoms with Crippen molar-refractivity contribution >= 4 is 16.6 Å². The fraction of sp³-hybridized carbons (Fsp3) is 0.500. The summed E-state index contributed by atoms with van der Waals surface area (Å²) in [6.07, 6.45) is 3.44. The van der Waals surface area contributed by atoms with Gasteiger partial charge in [0.05, 0.1) is 17.9 Å². The van der Waals surface area contributed by atoms with E-state index in [1.807, 2.05) is 0 Å². The molecule has 0 saturated heterocycles. The molecule has 0 saturated carbocycles. The Morgan fingerprint density at radius 1 is 1.42 bits per heavy atom. The predicted molar refractivity (Wildman–Crippen MR) is 76.5 cm³/mol. The van der Waals surface area contributed by atoms with Crippen LogP contribution in [0.25, 0.3) is 0 Å². The Morgan fingerprint density at radius 2 is 2.11 bits per heavy atom. The van der Waals surface area contributed by atoms with Gasteiger partial charge in [-0.3, -0.25) is 9.00 Å². The molecule has 0 aliphatic carbocycles. The molecular formula is C14H20O4S. The maximum atomic E-state index is 11.9. The molecule has 0 fully saturated rings. The van der Waals surface area contributed by atoms with Gasteiger partial charge in [0.2, 0.25) is 0 Å². The molecule has 0 aliphatic rings. The average Bonchev–Trinajstić information content (AvgIpc) is 2.27. The van der Waals surface area contributed by atoms with Crippen LogP contribution in [0.4, 0.5) is 0 Å². The summed E-state index contributed by atoms with van der Waals surface area (Å²) in [6, 6.07) is 3.16. The number of hydrogen-bond acceptors (Lipinski definition) is 4. The quantitative estimate of drug-likeness (QED) is 0.617. The van der Waals surface area contributed by atoms with Crippen LogP contribution in [-0.4, -0.2) is 33.7 Å². The number of carbonyl (C=O) groups excluding carboxylic acids is 1. The Kier molecular flexibility index (Phi) is 6.02. The van der Waals surface area contributed by atoms with Crippen LogP contribution in [0.3, 0.4) is 0 Å². The van der Waals surface area contributed by atoms with Gasteiger partial charge in [-0.25, -0.2) is 0 Å². The summed E-state index contributed by atoms with van der Waals surface area (Å²) in [5.74, 6) is 0.0558. The summed E-state index contributed by atoms with van der Waals surface area (Å²) in [5, 5.41) is 9.91. The second kappa shape index (κ2) is 7.28. The molecule has 0 spiro atoms. The lowest BCUT2D eigenvalue weighted by Gasteiger charge is -2.11. The third-order valence-electron chi connectivity index (χ3n) is 2.67. The van der Waals surface area contributed by atoms with E-state index in [0.717, 1.165) is 12.8 Å². The van der Waals surface area contributed by atoms with Gasteiger partial charge in [0.15, 0.2) is 5.78 Å². The zero-order valence-electron chi connectivity index (χ0n) is 11.6. The maximum absolute atomic E-state index is 11.9. The molecule has 1 aromatic rings. The third-order valence-corrected chi connectivity index (χ3v) is 3.34. The van der Waals surface area contributed by atoms with Crippen molar-refractivity contribution in [2.75, 3.05) is 18.6 Å². The van der Waals surface area contributed by atoms with Gasteiger partial charge in [-0.2, -0.15) is 0 Å². The molecule has 4 nitrogen and oxygen atoms in total. The van der Waals surface area contributed by atoms with Crippen molar-refractivity contribution in [3.8, 4) is 11.5 Å². The number of carbonyl (C=O) groups is 1. The summed E-state index contributed by atoms with van der Waals surface area (Å²) in [6.45, 7) is 4.39. The van der Waals surface area contributed by atoms with Crippen molar-refractivity contribution in [1.82, 2.24) is 0 Å². The highest BCUT2D eigenvalue weighted by Crippen LogP contribution is 2.28. The molecule has 1 unspecified atom stereocenters. The van der Waals surface area contributed by atoms with Crippen LogP contribution >= 0.6 is 0 Å². The van der Waals surface area contributed by atoms with Crippen molar-refractivity contribution in [2.24, 2.45) is 0 Å². The smallest absolute Gasteiger partial charge is 0.179 e. The summed E-state index contributed by atoms with van der Waals surface area (Å²) in [5.41, 5.74) is 0.875. The Bertz CT molecular complexity index is 459. The number of aryl methyl sites for hydroxylation is 1. The highest BCUT2D eigenvalue weighted by atomic mass is 32.2. The van der Waals surface area contributed by atoms with E-state index in [0.29, 0.717) is 17.9 Å². The highest BCUT2D eigenvalue weighted by molar-refractivity contribution is 7.85. The average molecular weight is 284 g/mol. The minimum Gasteiger partial charge on any atom is -0.507 e. The van der Waals surface area contributed by atoms with E-state index in [2.05, 4.69) is 6.92 Å². The number of phenolic OH excluding ortho intramolecular Hbond substituents is 1. The zero-order chi connectivity index (χ0) is 14.4. The van der Waals surface area contributed by atoms with Crippen molar-refractivity contribution in [1.29, 1.82) is 0 Å². The van der Waals surface area contributed by atoms with E-state index >= 15 is 0 Å². The van der Waals surface area contributed by atoms with Crippen LogP contribution in [0, 0.1) is 6.92 Å². The zero-order valence-corrected chi connectivity index (χ0v) is 12.4. The number of ketones is 1. The number of phenols is 1. The van der Waals surface area contributed by atoms with E-state index in [9.17, 15) is 14.1 Å². The summed E-state index contributed by atoms with van der Waals surface area (Å²) >= 11 is 0. The lowest BCUT2D eigenvalue weighted by Crippen LogP contribution is -2.11. The van der Waals surface area contributed by atoms with Crippen LogP contribution in [-0.2, 0) is 10.8 Å². The van der Waals surface area contributed by atoms with E-state index in [1.165, 1.54) is 12.3 Å². The molecule has 106 valence electrons. The fourth-order valence-corrected chi connectivity index (χ4v) is 2.29. The van der Waals surface area contributed by atoms with Gasteiger partial charge >= 0.3 is 0 Å². The van der Waals surface area contributed by atoms with E-state index in [4.69, 9.17) is 4.74 Å². The maximum Gasteiger partial charge on any atom is 0.179 e. The molecule has 1 atom stereocenters. The van der Waals surface area contributed by atoms with E-state index < -0.39 is 10.8 Å². The molecule has 0 radical (unpaired) electrons. The Morgan fingerprint density at radius 3 is 2.63 bits per heavy atom. The van der Waals surface area contributed by atoms with Crippen molar-refractivity contribution in [3.05, 3.63) is 23.3 Å². The lowest BCUT2D eigenvalue weighted by molar-refractivity contribution is 0.101. The molecule has 1 rings (SSSR count). The lowest BCUT2D eigenvalue weighted by atomic mass is 10.0. The highest BCUT2D eigenvalue weighted by Gasteiger charge is 2.17. The topological polar surface area (TPSA) is 63.6 Å². The van der Waals surface area contributed by atoms with Crippen LogP contribution in [0.5, 0.6) is 11.5 Å². The molecule has 19 heavy (non-hydrogen) atoms. The van der Waals surface area contributed by atoms with Crippen LogP contribution < -0.4 is 4.74 Å². The molecule has 0 aliphatic heterocycles. The van der Waals surface area contributed by atoms with E-state index in [-0.39, 0.29) is 22.8 Å². The third kappa shape index (κ3) is 4.67. The van der Waals surface area contributed by atoms with Crippen LogP contribution in [0.2, 0.25) is 0 Å². The Labute approximate surface area is 116 Å². The number of rotatable bonds is 7. The molecule has 1 N–H and O–H groups in total. The van der Waals surface area contributed by atoms with Crippen molar-refractivity contribution < 1.29 is 18.8 Å².